The number of halogens is 1. The Morgan fingerprint density at radius 3 is 2.74 bits per heavy atom. The first-order valence-electron chi connectivity index (χ1n) is 7.79. The van der Waals surface area contributed by atoms with Crippen LogP contribution < -0.4 is 4.74 Å². The maximum absolute atomic E-state index is 12.8. The van der Waals surface area contributed by atoms with Crippen molar-refractivity contribution in [3.8, 4) is 5.75 Å². The molecule has 1 fully saturated rings. The Balaban J connectivity index is 1.49. The molecule has 0 saturated heterocycles. The third-order valence-corrected chi connectivity index (χ3v) is 4.78. The van der Waals surface area contributed by atoms with Crippen molar-refractivity contribution in [3.63, 3.8) is 0 Å². The Morgan fingerprint density at radius 2 is 2.09 bits per heavy atom. The quantitative estimate of drug-likeness (QED) is 0.751. The standard InChI is InChI=1S/C16H20FN3O2S/c1-2-20-15(11-3-4-11)18-19-16(20)23-10-13(21)9-22-14-7-5-12(17)6-8-14/h5-8,11,13,21H,2-4,9-10H2,1H3. The lowest BCUT2D eigenvalue weighted by atomic mass is 10.3. The number of hydrogen-bond donors (Lipinski definition) is 1. The van der Waals surface area contributed by atoms with E-state index in [0.29, 0.717) is 17.4 Å². The predicted molar refractivity (Wildman–Crippen MR) is 86.3 cm³/mol. The zero-order chi connectivity index (χ0) is 16.2. The van der Waals surface area contributed by atoms with Crippen molar-refractivity contribution in [1.29, 1.82) is 0 Å². The normalized spacial score (nSPS) is 15.6. The van der Waals surface area contributed by atoms with E-state index < -0.39 is 6.10 Å². The second kappa shape index (κ2) is 7.31. The number of aromatic nitrogens is 3. The van der Waals surface area contributed by atoms with E-state index in [0.717, 1.165) is 17.5 Å². The van der Waals surface area contributed by atoms with Crippen molar-refractivity contribution in [3.05, 3.63) is 35.9 Å². The highest BCUT2D eigenvalue weighted by atomic mass is 32.2. The average Bonchev–Trinajstić information content (AvgIpc) is 3.32. The molecule has 1 aliphatic rings. The second-order valence-electron chi connectivity index (χ2n) is 5.59. The lowest BCUT2D eigenvalue weighted by molar-refractivity contribution is 0.126. The van der Waals surface area contributed by atoms with E-state index in [1.807, 2.05) is 0 Å². The van der Waals surface area contributed by atoms with Gasteiger partial charge in [0.05, 0.1) is 6.10 Å². The lowest BCUT2D eigenvalue weighted by Crippen LogP contribution is -2.20. The fourth-order valence-electron chi connectivity index (χ4n) is 2.29. The van der Waals surface area contributed by atoms with Crippen molar-refractivity contribution in [2.24, 2.45) is 0 Å². The van der Waals surface area contributed by atoms with Crippen molar-refractivity contribution in [2.45, 2.75) is 43.5 Å². The van der Waals surface area contributed by atoms with Crippen LogP contribution >= 0.6 is 11.8 Å². The van der Waals surface area contributed by atoms with Gasteiger partial charge in [0, 0.05) is 18.2 Å². The highest BCUT2D eigenvalue weighted by molar-refractivity contribution is 7.99. The molecular formula is C16H20FN3O2S. The summed E-state index contributed by atoms with van der Waals surface area (Å²) >= 11 is 1.48. The van der Waals surface area contributed by atoms with Crippen LogP contribution in [0.2, 0.25) is 0 Å². The second-order valence-corrected chi connectivity index (χ2v) is 6.58. The number of aliphatic hydroxyl groups is 1. The number of thioether (sulfide) groups is 1. The Labute approximate surface area is 138 Å². The van der Waals surface area contributed by atoms with Gasteiger partial charge in [0.1, 0.15) is 24.0 Å². The van der Waals surface area contributed by atoms with E-state index in [2.05, 4.69) is 21.7 Å². The van der Waals surface area contributed by atoms with Gasteiger partial charge in [0.25, 0.3) is 0 Å². The maximum Gasteiger partial charge on any atom is 0.191 e. The number of benzene rings is 1. The summed E-state index contributed by atoms with van der Waals surface area (Å²) in [5.74, 6) is 2.34. The highest BCUT2D eigenvalue weighted by Gasteiger charge is 2.30. The van der Waals surface area contributed by atoms with Gasteiger partial charge in [-0.1, -0.05) is 11.8 Å². The first kappa shape index (κ1) is 16.3. The van der Waals surface area contributed by atoms with Gasteiger partial charge in [0.2, 0.25) is 0 Å². The van der Waals surface area contributed by atoms with Crippen LogP contribution in [0, 0.1) is 5.82 Å². The van der Waals surface area contributed by atoms with Crippen LogP contribution in [0.1, 0.15) is 31.5 Å². The summed E-state index contributed by atoms with van der Waals surface area (Å²) < 4.78 is 20.4. The minimum absolute atomic E-state index is 0.161. The van der Waals surface area contributed by atoms with Crippen molar-refractivity contribution < 1.29 is 14.2 Å². The molecule has 1 atom stereocenters. The first-order valence-corrected chi connectivity index (χ1v) is 8.78. The SMILES string of the molecule is CCn1c(SCC(O)COc2ccc(F)cc2)nnc1C1CC1. The summed E-state index contributed by atoms with van der Waals surface area (Å²) in [5.41, 5.74) is 0. The molecule has 1 aromatic carbocycles. The van der Waals surface area contributed by atoms with Gasteiger partial charge in [-0.3, -0.25) is 0 Å². The molecule has 1 N–H and O–H groups in total. The van der Waals surface area contributed by atoms with E-state index in [1.54, 1.807) is 12.1 Å². The molecule has 7 heteroatoms. The lowest BCUT2D eigenvalue weighted by Gasteiger charge is -2.12. The molecule has 5 nitrogen and oxygen atoms in total. The van der Waals surface area contributed by atoms with Gasteiger partial charge in [0.15, 0.2) is 5.16 Å². The van der Waals surface area contributed by atoms with Crippen molar-refractivity contribution in [2.75, 3.05) is 12.4 Å². The number of aliphatic hydroxyl groups excluding tert-OH is 1. The van der Waals surface area contributed by atoms with Crippen LogP contribution in [0.5, 0.6) is 5.75 Å². The van der Waals surface area contributed by atoms with Crippen LogP contribution in [0.3, 0.4) is 0 Å². The number of rotatable bonds is 8. The Morgan fingerprint density at radius 1 is 1.35 bits per heavy atom. The summed E-state index contributed by atoms with van der Waals surface area (Å²) in [6.07, 6.45) is 1.75. The summed E-state index contributed by atoms with van der Waals surface area (Å²) in [7, 11) is 0. The Hall–Kier alpha value is -1.60. The summed E-state index contributed by atoms with van der Waals surface area (Å²) in [4.78, 5) is 0. The minimum atomic E-state index is -0.628. The molecule has 2 aromatic rings. The van der Waals surface area contributed by atoms with E-state index >= 15 is 0 Å². The molecule has 0 radical (unpaired) electrons. The molecule has 0 bridgehead atoms. The summed E-state index contributed by atoms with van der Waals surface area (Å²) in [6, 6.07) is 5.76. The number of ether oxygens (including phenoxy) is 1. The Kier molecular flexibility index (Phi) is 5.17. The number of nitrogens with zero attached hydrogens (tertiary/aromatic N) is 3. The van der Waals surface area contributed by atoms with Crippen LogP contribution in [0.15, 0.2) is 29.4 Å². The van der Waals surface area contributed by atoms with Gasteiger partial charge in [-0.05, 0) is 44.0 Å². The van der Waals surface area contributed by atoms with Crippen molar-refractivity contribution in [1.82, 2.24) is 14.8 Å². The van der Waals surface area contributed by atoms with Gasteiger partial charge in [-0.25, -0.2) is 4.39 Å². The molecule has 3 rings (SSSR count). The average molecular weight is 337 g/mol. The molecule has 1 aliphatic carbocycles. The Bertz CT molecular complexity index is 643. The molecule has 124 valence electrons. The topological polar surface area (TPSA) is 60.2 Å². The van der Waals surface area contributed by atoms with E-state index in [9.17, 15) is 9.50 Å². The molecule has 0 aliphatic heterocycles. The first-order chi connectivity index (χ1) is 11.2. The molecule has 1 heterocycles. The summed E-state index contributed by atoms with van der Waals surface area (Å²) in [5, 5.41) is 19.4. The molecular weight excluding hydrogens is 317 g/mol. The number of hydrogen-bond acceptors (Lipinski definition) is 5. The highest BCUT2D eigenvalue weighted by Crippen LogP contribution is 2.40. The molecule has 1 aromatic heterocycles. The predicted octanol–water partition coefficient (Wildman–Crippen LogP) is 2.85. The third kappa shape index (κ3) is 4.23. The van der Waals surface area contributed by atoms with Crippen LogP contribution in [-0.4, -0.2) is 38.3 Å². The fraction of sp³-hybridized carbons (Fsp3) is 0.500. The minimum Gasteiger partial charge on any atom is -0.491 e. The largest absolute Gasteiger partial charge is 0.491 e. The van der Waals surface area contributed by atoms with Gasteiger partial charge < -0.3 is 14.4 Å². The smallest absolute Gasteiger partial charge is 0.191 e. The van der Waals surface area contributed by atoms with E-state index in [4.69, 9.17) is 4.74 Å². The molecule has 0 spiro atoms. The monoisotopic (exact) mass is 337 g/mol. The van der Waals surface area contributed by atoms with Crippen LogP contribution in [0.4, 0.5) is 4.39 Å². The van der Waals surface area contributed by atoms with Crippen LogP contribution in [0.25, 0.3) is 0 Å². The third-order valence-electron chi connectivity index (χ3n) is 3.67. The van der Waals surface area contributed by atoms with Gasteiger partial charge in [-0.15, -0.1) is 10.2 Å². The summed E-state index contributed by atoms with van der Waals surface area (Å²) in [6.45, 7) is 3.07. The molecule has 1 saturated carbocycles. The zero-order valence-corrected chi connectivity index (χ0v) is 13.8. The maximum atomic E-state index is 12.8. The van der Waals surface area contributed by atoms with Gasteiger partial charge >= 0.3 is 0 Å². The van der Waals surface area contributed by atoms with Crippen LogP contribution in [-0.2, 0) is 6.54 Å². The van der Waals surface area contributed by atoms with E-state index in [-0.39, 0.29) is 12.4 Å². The van der Waals surface area contributed by atoms with Crippen molar-refractivity contribution >= 4 is 11.8 Å². The van der Waals surface area contributed by atoms with Gasteiger partial charge in [-0.2, -0.15) is 0 Å². The molecule has 1 unspecified atom stereocenters. The zero-order valence-electron chi connectivity index (χ0n) is 13.0. The molecule has 23 heavy (non-hydrogen) atoms. The van der Waals surface area contributed by atoms with E-state index in [1.165, 1.54) is 36.7 Å². The fourth-order valence-corrected chi connectivity index (χ4v) is 3.20. The molecule has 0 amide bonds.